The summed E-state index contributed by atoms with van der Waals surface area (Å²) < 4.78 is 5.62. The van der Waals surface area contributed by atoms with Gasteiger partial charge in [-0.25, -0.2) is 0 Å². The average Bonchev–Trinajstić information content (AvgIpc) is 2.37. The van der Waals surface area contributed by atoms with Crippen LogP contribution in [0.15, 0.2) is 55.1 Å². The van der Waals surface area contributed by atoms with E-state index in [1.54, 1.807) is 6.07 Å². The number of rotatable bonds is 4. The normalized spacial score (nSPS) is 9.53. The lowest BCUT2D eigenvalue weighted by Crippen LogP contribution is -1.95. The molecule has 0 fully saturated rings. The van der Waals surface area contributed by atoms with E-state index >= 15 is 0 Å². The molecular weight excluding hydrogens is 236 g/mol. The Morgan fingerprint density at radius 1 is 1.16 bits per heavy atom. The SMILES string of the molecule is C.C=C(C)c1ccc(OCc2ccccc2)cc1O. The number of benzene rings is 2. The standard InChI is InChI=1S/C16H16O2.CH4/c1-12(2)15-9-8-14(10-16(15)17)18-11-13-6-4-3-5-7-13;/h3-10,17H,1,11H2,2H3;1H4. The summed E-state index contributed by atoms with van der Waals surface area (Å²) in [4.78, 5) is 0. The second kappa shape index (κ2) is 6.64. The van der Waals surface area contributed by atoms with Gasteiger partial charge in [0.2, 0.25) is 0 Å². The van der Waals surface area contributed by atoms with Crippen molar-refractivity contribution in [3.8, 4) is 11.5 Å². The highest BCUT2D eigenvalue weighted by atomic mass is 16.5. The predicted octanol–water partition coefficient (Wildman–Crippen LogP) is 4.64. The lowest BCUT2D eigenvalue weighted by molar-refractivity contribution is 0.304. The summed E-state index contributed by atoms with van der Waals surface area (Å²) in [6.07, 6.45) is 0. The molecule has 2 aromatic rings. The topological polar surface area (TPSA) is 29.5 Å². The zero-order valence-corrected chi connectivity index (χ0v) is 10.4. The molecule has 0 saturated carbocycles. The van der Waals surface area contributed by atoms with E-state index in [1.807, 2.05) is 49.4 Å². The molecule has 0 aliphatic rings. The highest BCUT2D eigenvalue weighted by molar-refractivity contribution is 5.67. The molecule has 19 heavy (non-hydrogen) atoms. The molecule has 0 atom stereocenters. The number of allylic oxidation sites excluding steroid dienone is 1. The van der Waals surface area contributed by atoms with Gasteiger partial charge < -0.3 is 9.84 Å². The molecule has 0 unspecified atom stereocenters. The molecule has 0 spiro atoms. The number of hydrogen-bond acceptors (Lipinski definition) is 2. The van der Waals surface area contributed by atoms with Crippen molar-refractivity contribution >= 4 is 5.57 Å². The first-order valence-electron chi connectivity index (χ1n) is 5.82. The third-order valence-electron chi connectivity index (χ3n) is 2.68. The van der Waals surface area contributed by atoms with Crippen molar-refractivity contribution < 1.29 is 9.84 Å². The van der Waals surface area contributed by atoms with Crippen molar-refractivity contribution in [1.29, 1.82) is 0 Å². The molecule has 0 radical (unpaired) electrons. The molecule has 2 nitrogen and oxygen atoms in total. The zero-order chi connectivity index (χ0) is 13.0. The van der Waals surface area contributed by atoms with Crippen LogP contribution in [0.4, 0.5) is 0 Å². The lowest BCUT2D eigenvalue weighted by Gasteiger charge is -2.09. The summed E-state index contributed by atoms with van der Waals surface area (Å²) in [5.41, 5.74) is 2.69. The van der Waals surface area contributed by atoms with Gasteiger partial charge in [-0.05, 0) is 30.2 Å². The molecule has 1 N–H and O–H groups in total. The van der Waals surface area contributed by atoms with Crippen molar-refractivity contribution in [1.82, 2.24) is 0 Å². The van der Waals surface area contributed by atoms with E-state index in [0.717, 1.165) is 16.7 Å². The second-order valence-corrected chi connectivity index (χ2v) is 4.23. The Labute approximate surface area is 115 Å². The Balaban J connectivity index is 0.00000180. The molecule has 0 bridgehead atoms. The summed E-state index contributed by atoms with van der Waals surface area (Å²) >= 11 is 0. The van der Waals surface area contributed by atoms with Gasteiger partial charge >= 0.3 is 0 Å². The monoisotopic (exact) mass is 256 g/mol. The molecular formula is C17H20O2. The molecule has 2 heteroatoms. The van der Waals surface area contributed by atoms with Crippen LogP contribution in [0.25, 0.3) is 5.57 Å². The minimum atomic E-state index is 0. The first kappa shape index (κ1) is 14.8. The van der Waals surface area contributed by atoms with E-state index in [0.29, 0.717) is 12.4 Å². The van der Waals surface area contributed by atoms with Crippen LogP contribution in [-0.2, 0) is 6.61 Å². The number of aromatic hydroxyl groups is 1. The molecule has 0 heterocycles. The van der Waals surface area contributed by atoms with Crippen molar-refractivity contribution in [3.63, 3.8) is 0 Å². The molecule has 0 saturated heterocycles. The van der Waals surface area contributed by atoms with Crippen molar-refractivity contribution in [2.45, 2.75) is 21.0 Å². The maximum atomic E-state index is 9.82. The largest absolute Gasteiger partial charge is 0.507 e. The maximum absolute atomic E-state index is 9.82. The van der Waals surface area contributed by atoms with E-state index in [9.17, 15) is 5.11 Å². The number of phenols is 1. The van der Waals surface area contributed by atoms with Crippen LogP contribution < -0.4 is 4.74 Å². The van der Waals surface area contributed by atoms with E-state index in [1.165, 1.54) is 0 Å². The summed E-state index contributed by atoms with van der Waals surface area (Å²) in [6, 6.07) is 15.2. The van der Waals surface area contributed by atoms with Crippen LogP contribution >= 0.6 is 0 Å². The smallest absolute Gasteiger partial charge is 0.126 e. The molecule has 0 aliphatic heterocycles. The first-order valence-corrected chi connectivity index (χ1v) is 5.82. The van der Waals surface area contributed by atoms with E-state index in [-0.39, 0.29) is 13.2 Å². The summed E-state index contributed by atoms with van der Waals surface area (Å²) in [7, 11) is 0. The van der Waals surface area contributed by atoms with E-state index < -0.39 is 0 Å². The van der Waals surface area contributed by atoms with E-state index in [4.69, 9.17) is 4.74 Å². The van der Waals surface area contributed by atoms with Gasteiger partial charge in [-0.2, -0.15) is 0 Å². The molecule has 2 rings (SSSR count). The number of hydrogen-bond donors (Lipinski definition) is 1. The van der Waals surface area contributed by atoms with E-state index in [2.05, 4.69) is 6.58 Å². The van der Waals surface area contributed by atoms with Crippen molar-refractivity contribution in [2.75, 3.05) is 0 Å². The number of phenolic OH excluding ortho intramolecular Hbond substituents is 1. The van der Waals surface area contributed by atoms with Crippen LogP contribution in [0, 0.1) is 0 Å². The van der Waals surface area contributed by atoms with Gasteiger partial charge in [-0.1, -0.05) is 44.3 Å². The van der Waals surface area contributed by atoms with Gasteiger partial charge in [0.1, 0.15) is 18.1 Å². The zero-order valence-electron chi connectivity index (χ0n) is 10.4. The van der Waals surface area contributed by atoms with Gasteiger partial charge in [0.25, 0.3) is 0 Å². The van der Waals surface area contributed by atoms with Crippen LogP contribution in [0.2, 0.25) is 0 Å². The van der Waals surface area contributed by atoms with Crippen LogP contribution in [0.1, 0.15) is 25.5 Å². The maximum Gasteiger partial charge on any atom is 0.126 e. The third-order valence-corrected chi connectivity index (χ3v) is 2.68. The van der Waals surface area contributed by atoms with Crippen LogP contribution in [0.3, 0.4) is 0 Å². The first-order chi connectivity index (χ1) is 8.66. The Morgan fingerprint density at radius 3 is 2.42 bits per heavy atom. The number of ether oxygens (including phenoxy) is 1. The average molecular weight is 256 g/mol. The van der Waals surface area contributed by atoms with Crippen molar-refractivity contribution in [2.24, 2.45) is 0 Å². The fourth-order valence-corrected chi connectivity index (χ4v) is 1.70. The fraction of sp³-hybridized carbons (Fsp3) is 0.176. The van der Waals surface area contributed by atoms with Gasteiger partial charge in [-0.15, -0.1) is 0 Å². The summed E-state index contributed by atoms with van der Waals surface area (Å²) in [5, 5.41) is 9.82. The van der Waals surface area contributed by atoms with Crippen LogP contribution in [-0.4, -0.2) is 5.11 Å². The molecule has 0 aromatic heterocycles. The van der Waals surface area contributed by atoms with Gasteiger partial charge in [-0.3, -0.25) is 0 Å². The quantitative estimate of drug-likeness (QED) is 0.863. The summed E-state index contributed by atoms with van der Waals surface area (Å²) in [5.74, 6) is 0.856. The predicted molar refractivity (Wildman–Crippen MR) is 80.3 cm³/mol. The minimum Gasteiger partial charge on any atom is -0.507 e. The lowest BCUT2D eigenvalue weighted by atomic mass is 10.1. The Hall–Kier alpha value is -2.22. The van der Waals surface area contributed by atoms with Gasteiger partial charge in [0.05, 0.1) is 0 Å². The fourth-order valence-electron chi connectivity index (χ4n) is 1.70. The molecule has 0 amide bonds. The molecule has 0 aliphatic carbocycles. The summed E-state index contributed by atoms with van der Waals surface area (Å²) in [6.45, 7) is 6.16. The van der Waals surface area contributed by atoms with Crippen LogP contribution in [0.5, 0.6) is 11.5 Å². The van der Waals surface area contributed by atoms with Crippen molar-refractivity contribution in [3.05, 3.63) is 66.2 Å². The van der Waals surface area contributed by atoms with Gasteiger partial charge in [0, 0.05) is 11.6 Å². The van der Waals surface area contributed by atoms with Gasteiger partial charge in [0.15, 0.2) is 0 Å². The Morgan fingerprint density at radius 2 is 1.84 bits per heavy atom. The second-order valence-electron chi connectivity index (χ2n) is 4.23. The molecule has 2 aromatic carbocycles. The highest BCUT2D eigenvalue weighted by Gasteiger charge is 2.04. The Bertz CT molecular complexity index is 544. The minimum absolute atomic E-state index is 0. The third kappa shape index (κ3) is 3.88. The highest BCUT2D eigenvalue weighted by Crippen LogP contribution is 2.28. The molecule has 100 valence electrons. The Kier molecular flexibility index (Phi) is 5.19.